The number of pyridine rings is 1. The van der Waals surface area contributed by atoms with Crippen molar-refractivity contribution in [1.82, 2.24) is 30.4 Å². The second kappa shape index (κ2) is 12.2. The summed E-state index contributed by atoms with van der Waals surface area (Å²) >= 11 is 0. The first-order valence-corrected chi connectivity index (χ1v) is 12.6. The number of anilines is 1. The van der Waals surface area contributed by atoms with Crippen LogP contribution in [0.25, 0.3) is 11.1 Å². The van der Waals surface area contributed by atoms with Crippen LogP contribution >= 0.6 is 0 Å². The van der Waals surface area contributed by atoms with Crippen molar-refractivity contribution in [1.29, 1.82) is 0 Å². The van der Waals surface area contributed by atoms with Gasteiger partial charge in [-0.25, -0.2) is 4.79 Å². The number of hydrogen-bond donors (Lipinski definition) is 4. The molecule has 1 aliphatic rings. The average molecular weight is 538 g/mol. The number of hydrogen-bond acceptors (Lipinski definition) is 8. The Labute approximate surface area is 223 Å². The van der Waals surface area contributed by atoms with Crippen molar-refractivity contribution in [2.75, 3.05) is 38.0 Å². The number of rotatable bonds is 3. The van der Waals surface area contributed by atoms with Crippen molar-refractivity contribution in [3.05, 3.63) is 58.8 Å². The maximum Gasteiger partial charge on any atom is 0.420 e. The van der Waals surface area contributed by atoms with Gasteiger partial charge in [0.15, 0.2) is 5.58 Å². The molecular weight excluding hydrogens is 506 g/mol. The SMILES string of the molecule is CC(C)[C@@H]1NC(=O)c2cc(ccn2)NCCNC(=O)CN(C(=O)Cn2c(=O)oc3ccccc32)CCNC1=O. The third-order valence-corrected chi connectivity index (χ3v) is 6.24. The lowest BCUT2D eigenvalue weighted by atomic mass is 10.0. The average Bonchev–Trinajstić information content (AvgIpc) is 3.23. The summed E-state index contributed by atoms with van der Waals surface area (Å²) in [6.45, 7) is 3.61. The summed E-state index contributed by atoms with van der Waals surface area (Å²) in [4.78, 5) is 69.4. The molecular formula is C26H31N7O6. The number of carbonyl (C=O) groups excluding carboxylic acids is 4. The van der Waals surface area contributed by atoms with Crippen LogP contribution in [0.15, 0.2) is 51.8 Å². The minimum Gasteiger partial charge on any atom is -0.408 e. The molecule has 1 atom stereocenters. The van der Waals surface area contributed by atoms with E-state index < -0.39 is 35.4 Å². The highest BCUT2D eigenvalue weighted by molar-refractivity contribution is 5.96. The maximum atomic E-state index is 13.2. The van der Waals surface area contributed by atoms with Crippen molar-refractivity contribution < 1.29 is 23.6 Å². The Kier molecular flexibility index (Phi) is 8.59. The monoisotopic (exact) mass is 537 g/mol. The molecule has 4 amide bonds. The number of carbonyl (C=O) groups is 4. The minimum absolute atomic E-state index is 0.00186. The molecule has 0 radical (unpaired) electrons. The fourth-order valence-corrected chi connectivity index (χ4v) is 4.17. The van der Waals surface area contributed by atoms with Gasteiger partial charge in [0.1, 0.15) is 18.3 Å². The smallest absolute Gasteiger partial charge is 0.408 e. The fraction of sp³-hybridized carbons (Fsp3) is 0.385. The van der Waals surface area contributed by atoms with E-state index in [-0.39, 0.29) is 44.3 Å². The summed E-state index contributed by atoms with van der Waals surface area (Å²) in [7, 11) is 0. The molecule has 1 aromatic carbocycles. The van der Waals surface area contributed by atoms with Crippen LogP contribution in [0.5, 0.6) is 0 Å². The molecule has 0 aliphatic carbocycles. The Morgan fingerprint density at radius 1 is 1.05 bits per heavy atom. The Bertz CT molecular complexity index is 1430. The van der Waals surface area contributed by atoms with Gasteiger partial charge in [-0.2, -0.15) is 0 Å². The lowest BCUT2D eigenvalue weighted by Gasteiger charge is -2.24. The Morgan fingerprint density at radius 2 is 1.82 bits per heavy atom. The predicted octanol–water partition coefficient (Wildman–Crippen LogP) is -0.0694. The van der Waals surface area contributed by atoms with Crippen LogP contribution in [-0.4, -0.2) is 76.8 Å². The van der Waals surface area contributed by atoms with Gasteiger partial charge in [-0.3, -0.25) is 28.7 Å². The summed E-state index contributed by atoms with van der Waals surface area (Å²) < 4.78 is 6.41. The van der Waals surface area contributed by atoms with E-state index in [1.807, 2.05) is 0 Å². The van der Waals surface area contributed by atoms with Crippen LogP contribution in [0.1, 0.15) is 24.3 Å². The first-order chi connectivity index (χ1) is 18.7. The molecule has 3 heterocycles. The molecule has 0 saturated carbocycles. The zero-order chi connectivity index (χ0) is 27.9. The largest absolute Gasteiger partial charge is 0.420 e. The lowest BCUT2D eigenvalue weighted by Crippen LogP contribution is -2.52. The molecule has 0 saturated heterocycles. The quantitative estimate of drug-likeness (QED) is 0.360. The number of nitrogens with zero attached hydrogens (tertiary/aromatic N) is 3. The van der Waals surface area contributed by atoms with Gasteiger partial charge in [0.05, 0.1) is 12.1 Å². The molecule has 4 rings (SSSR count). The van der Waals surface area contributed by atoms with Gasteiger partial charge in [-0.15, -0.1) is 0 Å². The van der Waals surface area contributed by atoms with E-state index in [0.29, 0.717) is 23.3 Å². The van der Waals surface area contributed by atoms with Crippen LogP contribution in [0, 0.1) is 5.92 Å². The number of benzene rings is 1. The summed E-state index contributed by atoms with van der Waals surface area (Å²) in [6.07, 6.45) is 1.48. The first kappa shape index (κ1) is 27.4. The van der Waals surface area contributed by atoms with E-state index in [0.717, 1.165) is 0 Å². The predicted molar refractivity (Wildman–Crippen MR) is 142 cm³/mol. The summed E-state index contributed by atoms with van der Waals surface area (Å²) in [5.41, 5.74) is 1.57. The summed E-state index contributed by atoms with van der Waals surface area (Å²) in [6, 6.07) is 9.12. The van der Waals surface area contributed by atoms with Gasteiger partial charge in [0, 0.05) is 38.1 Å². The molecule has 4 N–H and O–H groups in total. The highest BCUT2D eigenvalue weighted by atomic mass is 16.4. The molecule has 0 spiro atoms. The zero-order valence-corrected chi connectivity index (χ0v) is 21.7. The highest BCUT2D eigenvalue weighted by Crippen LogP contribution is 2.12. The van der Waals surface area contributed by atoms with Gasteiger partial charge >= 0.3 is 5.76 Å². The summed E-state index contributed by atoms with van der Waals surface area (Å²) in [5, 5.41) is 11.3. The van der Waals surface area contributed by atoms with E-state index in [2.05, 4.69) is 26.3 Å². The number of nitrogens with one attached hydrogen (secondary N) is 4. The second-order valence-corrected chi connectivity index (χ2v) is 9.43. The minimum atomic E-state index is -0.852. The Hall–Kier alpha value is -4.68. The molecule has 13 nitrogen and oxygen atoms in total. The van der Waals surface area contributed by atoms with Gasteiger partial charge < -0.3 is 30.6 Å². The number of aromatic nitrogens is 2. The van der Waals surface area contributed by atoms with Crippen molar-refractivity contribution >= 4 is 40.4 Å². The number of para-hydroxylation sites is 2. The van der Waals surface area contributed by atoms with Crippen molar-refractivity contribution in [3.8, 4) is 0 Å². The van der Waals surface area contributed by atoms with E-state index in [1.165, 1.54) is 15.7 Å². The molecule has 2 bridgehead atoms. The van der Waals surface area contributed by atoms with Gasteiger partial charge in [-0.1, -0.05) is 26.0 Å². The molecule has 1 aliphatic heterocycles. The van der Waals surface area contributed by atoms with Crippen LogP contribution in [-0.2, 0) is 20.9 Å². The second-order valence-electron chi connectivity index (χ2n) is 9.43. The van der Waals surface area contributed by atoms with Crippen molar-refractivity contribution in [2.24, 2.45) is 5.92 Å². The number of fused-ring (bicyclic) bond motifs is 3. The van der Waals surface area contributed by atoms with Gasteiger partial charge in [0.25, 0.3) is 5.91 Å². The lowest BCUT2D eigenvalue weighted by molar-refractivity contribution is -0.136. The van der Waals surface area contributed by atoms with Crippen LogP contribution in [0.3, 0.4) is 0 Å². The Morgan fingerprint density at radius 3 is 2.62 bits per heavy atom. The topological polar surface area (TPSA) is 168 Å². The number of amides is 4. The third kappa shape index (κ3) is 6.80. The van der Waals surface area contributed by atoms with E-state index in [9.17, 15) is 24.0 Å². The van der Waals surface area contributed by atoms with E-state index in [1.54, 1.807) is 50.2 Å². The Balaban J connectivity index is 1.53. The van der Waals surface area contributed by atoms with E-state index >= 15 is 0 Å². The normalized spacial score (nSPS) is 17.7. The fourth-order valence-electron chi connectivity index (χ4n) is 4.17. The zero-order valence-electron chi connectivity index (χ0n) is 21.7. The molecule has 206 valence electrons. The highest BCUT2D eigenvalue weighted by Gasteiger charge is 2.26. The number of oxazole rings is 1. The van der Waals surface area contributed by atoms with E-state index in [4.69, 9.17) is 4.42 Å². The molecule has 39 heavy (non-hydrogen) atoms. The van der Waals surface area contributed by atoms with Crippen LogP contribution in [0.2, 0.25) is 0 Å². The summed E-state index contributed by atoms with van der Waals surface area (Å²) in [5.74, 6) is -2.77. The standard InChI is InChI=1S/C26H31N7O6/c1-16(2)23-25(37)30-11-12-32(22(35)15-33-19-5-3-4-6-20(19)39-26(33)38)14-21(34)29-10-9-27-17-7-8-28-18(13-17)24(36)31-23/h3-8,13,16,23,27H,9-12,14-15H2,1-2H3,(H,29,34)(H,30,37)(H,31,36)/t23-/m0/s1. The van der Waals surface area contributed by atoms with Crippen LogP contribution < -0.4 is 27.0 Å². The molecule has 13 heteroatoms. The molecule has 2 aromatic heterocycles. The van der Waals surface area contributed by atoms with Crippen molar-refractivity contribution in [3.63, 3.8) is 0 Å². The van der Waals surface area contributed by atoms with Crippen LogP contribution in [0.4, 0.5) is 5.69 Å². The molecule has 0 fully saturated rings. The third-order valence-electron chi connectivity index (χ3n) is 6.24. The maximum absolute atomic E-state index is 13.2. The van der Waals surface area contributed by atoms with Gasteiger partial charge in [-0.05, 0) is 30.2 Å². The molecule has 0 unspecified atom stereocenters. The first-order valence-electron chi connectivity index (χ1n) is 12.6. The van der Waals surface area contributed by atoms with Gasteiger partial charge in [0.2, 0.25) is 17.7 Å². The molecule has 3 aromatic rings. The van der Waals surface area contributed by atoms with Crippen molar-refractivity contribution in [2.45, 2.75) is 26.4 Å².